The van der Waals surface area contributed by atoms with Crippen molar-refractivity contribution < 1.29 is 5.11 Å². The summed E-state index contributed by atoms with van der Waals surface area (Å²) in [5, 5.41) is 14.2. The van der Waals surface area contributed by atoms with Crippen LogP contribution in [0.5, 0.6) is 0 Å². The molecule has 3 aromatic rings. The van der Waals surface area contributed by atoms with Gasteiger partial charge in [-0.25, -0.2) is 4.98 Å². The van der Waals surface area contributed by atoms with Gasteiger partial charge in [-0.1, -0.05) is 24.3 Å². The van der Waals surface area contributed by atoms with Crippen LogP contribution in [-0.2, 0) is 6.61 Å². The highest BCUT2D eigenvalue weighted by Crippen LogP contribution is 2.29. The molecule has 0 unspecified atom stereocenters. The van der Waals surface area contributed by atoms with Crippen LogP contribution in [0.15, 0.2) is 42.7 Å². The Labute approximate surface area is 141 Å². The predicted octanol–water partition coefficient (Wildman–Crippen LogP) is 1.64. The lowest BCUT2D eigenvalue weighted by Gasteiger charge is -2.33. The van der Waals surface area contributed by atoms with Gasteiger partial charge in [0.2, 0.25) is 0 Å². The van der Waals surface area contributed by atoms with Gasteiger partial charge in [-0.15, -0.1) is 0 Å². The first kappa shape index (κ1) is 15.1. The first-order chi connectivity index (χ1) is 11.8. The van der Waals surface area contributed by atoms with Gasteiger partial charge in [-0.3, -0.25) is 0 Å². The van der Waals surface area contributed by atoms with Crippen LogP contribution in [-0.4, -0.2) is 57.8 Å². The Morgan fingerprint density at radius 1 is 1.04 bits per heavy atom. The van der Waals surface area contributed by atoms with E-state index in [0.29, 0.717) is 0 Å². The number of rotatable bonds is 3. The summed E-state index contributed by atoms with van der Waals surface area (Å²) < 4.78 is 1.91. The fraction of sp³-hybridized carbons (Fsp3) is 0.333. The SMILES string of the molecule is CN1CCN(c2ccnc3c(-c4ccccc4CO)cnn23)CC1. The topological polar surface area (TPSA) is 56.9 Å². The Morgan fingerprint density at radius 2 is 1.83 bits per heavy atom. The average molecular weight is 323 g/mol. The van der Waals surface area contributed by atoms with E-state index in [1.165, 1.54) is 0 Å². The minimum Gasteiger partial charge on any atom is -0.392 e. The molecule has 6 nitrogen and oxygen atoms in total. The second kappa shape index (κ2) is 6.22. The third-order valence-corrected chi connectivity index (χ3v) is 4.69. The largest absolute Gasteiger partial charge is 0.392 e. The van der Waals surface area contributed by atoms with Crippen molar-refractivity contribution in [3.8, 4) is 11.1 Å². The van der Waals surface area contributed by atoms with Gasteiger partial charge in [0.1, 0.15) is 5.82 Å². The molecule has 0 spiro atoms. The van der Waals surface area contributed by atoms with Gasteiger partial charge in [-0.2, -0.15) is 9.61 Å². The fourth-order valence-corrected chi connectivity index (χ4v) is 3.26. The number of benzene rings is 1. The monoisotopic (exact) mass is 323 g/mol. The summed E-state index contributed by atoms with van der Waals surface area (Å²) in [5.74, 6) is 1.07. The van der Waals surface area contributed by atoms with Gasteiger partial charge in [0.25, 0.3) is 0 Å². The highest BCUT2D eigenvalue weighted by atomic mass is 16.3. The zero-order chi connectivity index (χ0) is 16.5. The molecule has 3 heterocycles. The number of fused-ring (bicyclic) bond motifs is 1. The van der Waals surface area contributed by atoms with Crippen molar-refractivity contribution in [1.29, 1.82) is 0 Å². The summed E-state index contributed by atoms with van der Waals surface area (Å²) in [6.07, 6.45) is 3.69. The highest BCUT2D eigenvalue weighted by Gasteiger charge is 2.19. The Hall–Kier alpha value is -2.44. The van der Waals surface area contributed by atoms with Crippen LogP contribution in [0.25, 0.3) is 16.8 Å². The molecule has 0 saturated carbocycles. The first-order valence-corrected chi connectivity index (χ1v) is 8.23. The van der Waals surface area contributed by atoms with Crippen molar-refractivity contribution in [2.45, 2.75) is 6.61 Å². The molecule has 1 saturated heterocycles. The number of likely N-dealkylation sites (N-methyl/N-ethyl adjacent to an activating group) is 1. The van der Waals surface area contributed by atoms with Crippen molar-refractivity contribution in [2.24, 2.45) is 0 Å². The Kier molecular flexibility index (Phi) is 3.92. The summed E-state index contributed by atoms with van der Waals surface area (Å²) in [6.45, 7) is 4.07. The number of hydrogen-bond donors (Lipinski definition) is 1. The number of nitrogens with zero attached hydrogens (tertiary/aromatic N) is 5. The van der Waals surface area contributed by atoms with Crippen molar-refractivity contribution in [2.75, 3.05) is 38.1 Å². The molecule has 1 aromatic carbocycles. The minimum atomic E-state index is 0.00562. The summed E-state index contributed by atoms with van der Waals surface area (Å²) in [6, 6.07) is 9.87. The number of piperazine rings is 1. The maximum Gasteiger partial charge on any atom is 0.165 e. The zero-order valence-corrected chi connectivity index (χ0v) is 13.8. The van der Waals surface area contributed by atoms with Gasteiger partial charge in [-0.05, 0) is 24.2 Å². The molecule has 1 aliphatic heterocycles. The molecule has 0 bridgehead atoms. The van der Waals surface area contributed by atoms with E-state index in [4.69, 9.17) is 0 Å². The van der Waals surface area contributed by atoms with Crippen molar-refractivity contribution in [1.82, 2.24) is 19.5 Å². The number of aromatic nitrogens is 3. The number of aliphatic hydroxyl groups excluding tert-OH is 1. The standard InChI is InChI=1S/C18H21N5O/c1-21-8-10-22(11-9-21)17-6-7-19-18-16(12-20-23(17)18)15-5-3-2-4-14(15)13-24/h2-7,12,24H,8-11,13H2,1H3. The van der Waals surface area contributed by atoms with E-state index < -0.39 is 0 Å². The Morgan fingerprint density at radius 3 is 2.62 bits per heavy atom. The molecule has 6 heteroatoms. The van der Waals surface area contributed by atoms with E-state index in [9.17, 15) is 5.11 Å². The minimum absolute atomic E-state index is 0.00562. The van der Waals surface area contributed by atoms with Gasteiger partial charge in [0.05, 0.1) is 12.8 Å². The van der Waals surface area contributed by atoms with Crippen LogP contribution in [0.3, 0.4) is 0 Å². The van der Waals surface area contributed by atoms with Crippen LogP contribution in [0, 0.1) is 0 Å². The molecule has 0 amide bonds. The van der Waals surface area contributed by atoms with E-state index in [2.05, 4.69) is 26.9 Å². The van der Waals surface area contributed by atoms with Crippen molar-refractivity contribution in [3.63, 3.8) is 0 Å². The molecule has 0 atom stereocenters. The maximum atomic E-state index is 9.61. The van der Waals surface area contributed by atoms with Crippen LogP contribution < -0.4 is 4.90 Å². The zero-order valence-electron chi connectivity index (χ0n) is 13.8. The van der Waals surface area contributed by atoms with Gasteiger partial charge < -0.3 is 14.9 Å². The Balaban J connectivity index is 1.79. The molecule has 4 rings (SSSR count). The van der Waals surface area contributed by atoms with Gasteiger partial charge in [0.15, 0.2) is 5.65 Å². The lowest BCUT2D eigenvalue weighted by molar-refractivity contribution is 0.282. The second-order valence-electron chi connectivity index (χ2n) is 6.20. The van der Waals surface area contributed by atoms with Crippen LogP contribution in [0.1, 0.15) is 5.56 Å². The smallest absolute Gasteiger partial charge is 0.165 e. The molecular formula is C18H21N5O. The van der Waals surface area contributed by atoms with Gasteiger partial charge in [0, 0.05) is 37.9 Å². The van der Waals surface area contributed by atoms with Crippen LogP contribution in [0.2, 0.25) is 0 Å². The fourth-order valence-electron chi connectivity index (χ4n) is 3.26. The van der Waals surface area contributed by atoms with Crippen LogP contribution in [0.4, 0.5) is 5.82 Å². The van der Waals surface area contributed by atoms with Crippen LogP contribution >= 0.6 is 0 Å². The summed E-state index contributed by atoms with van der Waals surface area (Å²) in [4.78, 5) is 9.23. The van der Waals surface area contributed by atoms with Gasteiger partial charge >= 0.3 is 0 Å². The highest BCUT2D eigenvalue weighted by molar-refractivity contribution is 5.80. The van der Waals surface area contributed by atoms with E-state index in [-0.39, 0.29) is 6.61 Å². The predicted molar refractivity (Wildman–Crippen MR) is 94.1 cm³/mol. The molecule has 1 aliphatic rings. The van der Waals surface area contributed by atoms with E-state index >= 15 is 0 Å². The summed E-state index contributed by atoms with van der Waals surface area (Å²) >= 11 is 0. The summed E-state index contributed by atoms with van der Waals surface area (Å²) in [5.41, 5.74) is 3.65. The lowest BCUT2D eigenvalue weighted by Crippen LogP contribution is -2.45. The number of hydrogen-bond acceptors (Lipinski definition) is 5. The quantitative estimate of drug-likeness (QED) is 0.794. The molecule has 0 aliphatic carbocycles. The molecule has 0 radical (unpaired) electrons. The molecule has 124 valence electrons. The average Bonchev–Trinajstić information content (AvgIpc) is 3.06. The van der Waals surface area contributed by atoms with E-state index in [1.54, 1.807) is 0 Å². The molecular weight excluding hydrogens is 302 g/mol. The molecule has 2 aromatic heterocycles. The van der Waals surface area contributed by atoms with Crippen molar-refractivity contribution >= 4 is 11.5 Å². The lowest BCUT2D eigenvalue weighted by atomic mass is 10.0. The van der Waals surface area contributed by atoms with E-state index in [1.807, 2.05) is 47.2 Å². The third kappa shape index (κ3) is 2.53. The number of aliphatic hydroxyl groups is 1. The molecule has 1 fully saturated rings. The molecule has 1 N–H and O–H groups in total. The second-order valence-corrected chi connectivity index (χ2v) is 6.20. The summed E-state index contributed by atoms with van der Waals surface area (Å²) in [7, 11) is 2.15. The molecule has 24 heavy (non-hydrogen) atoms. The van der Waals surface area contributed by atoms with E-state index in [0.717, 1.165) is 54.3 Å². The van der Waals surface area contributed by atoms with Crippen molar-refractivity contribution in [3.05, 3.63) is 48.3 Å². The maximum absolute atomic E-state index is 9.61. The Bertz CT molecular complexity index is 851. The normalized spacial score (nSPS) is 16.0. The third-order valence-electron chi connectivity index (χ3n) is 4.69. The first-order valence-electron chi connectivity index (χ1n) is 8.23. The number of anilines is 1.